The largest absolute Gasteiger partial charge is 0.328 e. The quantitative estimate of drug-likeness (QED) is 0.508. The second-order valence-electron chi connectivity index (χ2n) is 2.64. The molecule has 0 atom stereocenters. The van der Waals surface area contributed by atoms with Gasteiger partial charge in [0.15, 0.2) is 0 Å². The third kappa shape index (κ3) is 3.64. The van der Waals surface area contributed by atoms with E-state index >= 15 is 0 Å². The number of piperidine rings is 1. The SMILES string of the molecule is C=C.CN1CCC(N)CC1. The lowest BCUT2D eigenvalue weighted by molar-refractivity contribution is 0.256. The van der Waals surface area contributed by atoms with Crippen LogP contribution in [0, 0.1) is 0 Å². The molecule has 0 aromatic carbocycles. The van der Waals surface area contributed by atoms with Gasteiger partial charge in [-0.1, -0.05) is 0 Å². The number of hydrogen-bond donors (Lipinski definition) is 1. The molecule has 0 unspecified atom stereocenters. The van der Waals surface area contributed by atoms with E-state index < -0.39 is 0 Å². The van der Waals surface area contributed by atoms with Gasteiger partial charge < -0.3 is 10.6 Å². The van der Waals surface area contributed by atoms with Crippen LogP contribution in [0.25, 0.3) is 0 Å². The highest BCUT2D eigenvalue weighted by molar-refractivity contribution is 4.70. The van der Waals surface area contributed by atoms with Crippen LogP contribution in [0.3, 0.4) is 0 Å². The van der Waals surface area contributed by atoms with Crippen molar-refractivity contribution < 1.29 is 0 Å². The van der Waals surface area contributed by atoms with Crippen molar-refractivity contribution in [1.29, 1.82) is 0 Å². The van der Waals surface area contributed by atoms with E-state index in [1.54, 1.807) is 0 Å². The van der Waals surface area contributed by atoms with E-state index in [-0.39, 0.29) is 0 Å². The van der Waals surface area contributed by atoms with E-state index in [9.17, 15) is 0 Å². The van der Waals surface area contributed by atoms with Gasteiger partial charge >= 0.3 is 0 Å². The standard InChI is InChI=1S/C6H14N2.C2H4/c1-8-4-2-6(7)3-5-8;1-2/h6H,2-5,7H2,1H3;1-2H2. The van der Waals surface area contributed by atoms with Crippen LogP contribution in [0.2, 0.25) is 0 Å². The van der Waals surface area contributed by atoms with Gasteiger partial charge in [0.1, 0.15) is 0 Å². The maximum absolute atomic E-state index is 5.67. The Morgan fingerprint density at radius 3 is 2.00 bits per heavy atom. The Balaban J connectivity index is 0.000000371. The lowest BCUT2D eigenvalue weighted by Crippen LogP contribution is -2.37. The molecule has 0 aromatic heterocycles. The van der Waals surface area contributed by atoms with E-state index in [2.05, 4.69) is 25.1 Å². The van der Waals surface area contributed by atoms with Crippen molar-refractivity contribution in [3.05, 3.63) is 13.2 Å². The van der Waals surface area contributed by atoms with Gasteiger partial charge in [0.05, 0.1) is 0 Å². The molecule has 2 N–H and O–H groups in total. The monoisotopic (exact) mass is 142 g/mol. The molecule has 60 valence electrons. The summed E-state index contributed by atoms with van der Waals surface area (Å²) in [5.41, 5.74) is 5.67. The average molecular weight is 142 g/mol. The highest BCUT2D eigenvalue weighted by atomic mass is 15.1. The molecule has 0 aliphatic carbocycles. The highest BCUT2D eigenvalue weighted by Crippen LogP contribution is 2.04. The first kappa shape index (κ1) is 9.66. The first-order valence-corrected chi connectivity index (χ1v) is 3.73. The Bertz CT molecular complexity index is 65.3. The van der Waals surface area contributed by atoms with Crippen LogP contribution >= 0.6 is 0 Å². The summed E-state index contributed by atoms with van der Waals surface area (Å²) >= 11 is 0. The molecule has 10 heavy (non-hydrogen) atoms. The molecular weight excluding hydrogens is 124 g/mol. The molecule has 1 heterocycles. The fraction of sp³-hybridized carbons (Fsp3) is 0.750. The van der Waals surface area contributed by atoms with Crippen LogP contribution in [0.1, 0.15) is 12.8 Å². The predicted octanol–water partition coefficient (Wildman–Crippen LogP) is 0.842. The Labute approximate surface area is 63.7 Å². The van der Waals surface area contributed by atoms with Crippen molar-refractivity contribution in [3.63, 3.8) is 0 Å². The minimum atomic E-state index is 0.478. The number of likely N-dealkylation sites (tertiary alicyclic amines) is 1. The minimum Gasteiger partial charge on any atom is -0.328 e. The van der Waals surface area contributed by atoms with Crippen LogP contribution in [-0.4, -0.2) is 31.1 Å². The van der Waals surface area contributed by atoms with Crippen molar-refractivity contribution >= 4 is 0 Å². The molecule has 2 heteroatoms. The van der Waals surface area contributed by atoms with Gasteiger partial charge in [-0.25, -0.2) is 0 Å². The molecule has 0 radical (unpaired) electrons. The van der Waals surface area contributed by atoms with E-state index in [1.807, 2.05) is 0 Å². The maximum Gasteiger partial charge on any atom is 0.00631 e. The number of hydrogen-bond acceptors (Lipinski definition) is 2. The van der Waals surface area contributed by atoms with Crippen LogP contribution in [0.4, 0.5) is 0 Å². The maximum atomic E-state index is 5.67. The van der Waals surface area contributed by atoms with Gasteiger partial charge in [-0.3, -0.25) is 0 Å². The molecule has 1 fully saturated rings. The number of rotatable bonds is 0. The molecule has 0 amide bonds. The van der Waals surface area contributed by atoms with Crippen molar-refractivity contribution in [2.75, 3.05) is 20.1 Å². The molecule has 1 aliphatic heterocycles. The third-order valence-electron chi connectivity index (χ3n) is 1.76. The topological polar surface area (TPSA) is 29.3 Å². The van der Waals surface area contributed by atoms with Crippen molar-refractivity contribution in [3.8, 4) is 0 Å². The summed E-state index contributed by atoms with van der Waals surface area (Å²) in [6.45, 7) is 8.36. The zero-order valence-corrected chi connectivity index (χ0v) is 6.84. The van der Waals surface area contributed by atoms with Crippen molar-refractivity contribution in [1.82, 2.24) is 4.90 Å². The fourth-order valence-corrected chi connectivity index (χ4v) is 1.03. The molecular formula is C8H18N2. The van der Waals surface area contributed by atoms with Crippen LogP contribution in [0.5, 0.6) is 0 Å². The van der Waals surface area contributed by atoms with Crippen LogP contribution in [-0.2, 0) is 0 Å². The molecule has 2 nitrogen and oxygen atoms in total. The smallest absolute Gasteiger partial charge is 0.00631 e. The number of nitrogens with zero attached hydrogens (tertiary/aromatic N) is 1. The summed E-state index contributed by atoms with van der Waals surface area (Å²) in [5.74, 6) is 0. The molecule has 0 saturated carbocycles. The zero-order valence-electron chi connectivity index (χ0n) is 6.84. The second-order valence-corrected chi connectivity index (χ2v) is 2.64. The summed E-state index contributed by atoms with van der Waals surface area (Å²) in [6.07, 6.45) is 2.35. The molecule has 1 saturated heterocycles. The summed E-state index contributed by atoms with van der Waals surface area (Å²) in [5, 5.41) is 0. The van der Waals surface area contributed by atoms with Crippen molar-refractivity contribution in [2.24, 2.45) is 5.73 Å². The first-order chi connectivity index (χ1) is 4.79. The predicted molar refractivity (Wildman–Crippen MR) is 46.0 cm³/mol. The number of nitrogens with two attached hydrogens (primary N) is 1. The Morgan fingerprint density at radius 1 is 1.30 bits per heavy atom. The Kier molecular flexibility index (Phi) is 5.26. The van der Waals surface area contributed by atoms with Gasteiger partial charge in [-0.2, -0.15) is 0 Å². The molecule has 0 bridgehead atoms. The molecule has 0 spiro atoms. The van der Waals surface area contributed by atoms with Gasteiger partial charge in [0, 0.05) is 6.04 Å². The summed E-state index contributed by atoms with van der Waals surface area (Å²) in [4.78, 5) is 2.32. The molecule has 1 rings (SSSR count). The van der Waals surface area contributed by atoms with Gasteiger partial charge in [0.25, 0.3) is 0 Å². The first-order valence-electron chi connectivity index (χ1n) is 3.73. The lowest BCUT2D eigenvalue weighted by Gasteiger charge is -2.25. The van der Waals surface area contributed by atoms with Gasteiger partial charge in [0.2, 0.25) is 0 Å². The van der Waals surface area contributed by atoms with Crippen molar-refractivity contribution in [2.45, 2.75) is 18.9 Å². The van der Waals surface area contributed by atoms with E-state index in [4.69, 9.17) is 5.73 Å². The second kappa shape index (κ2) is 5.45. The average Bonchev–Trinajstić information content (AvgIpc) is 2.00. The minimum absolute atomic E-state index is 0.478. The normalized spacial score (nSPS) is 21.4. The van der Waals surface area contributed by atoms with E-state index in [0.29, 0.717) is 6.04 Å². The van der Waals surface area contributed by atoms with Gasteiger partial charge in [-0.15, -0.1) is 13.2 Å². The highest BCUT2D eigenvalue weighted by Gasteiger charge is 2.10. The van der Waals surface area contributed by atoms with Crippen LogP contribution in [0.15, 0.2) is 13.2 Å². The zero-order chi connectivity index (χ0) is 7.98. The van der Waals surface area contributed by atoms with Crippen LogP contribution < -0.4 is 5.73 Å². The summed E-state index contributed by atoms with van der Waals surface area (Å²) < 4.78 is 0. The summed E-state index contributed by atoms with van der Waals surface area (Å²) in [7, 11) is 2.14. The van der Waals surface area contributed by atoms with E-state index in [0.717, 1.165) is 0 Å². The molecule has 0 aromatic rings. The molecule has 1 aliphatic rings. The third-order valence-corrected chi connectivity index (χ3v) is 1.76. The van der Waals surface area contributed by atoms with Gasteiger partial charge in [-0.05, 0) is 33.0 Å². The Hall–Kier alpha value is -0.340. The lowest BCUT2D eigenvalue weighted by atomic mass is 10.1. The summed E-state index contributed by atoms with van der Waals surface area (Å²) in [6, 6.07) is 0.478. The Morgan fingerprint density at radius 2 is 1.70 bits per heavy atom. The fourth-order valence-electron chi connectivity index (χ4n) is 1.03. The van der Waals surface area contributed by atoms with E-state index in [1.165, 1.54) is 25.9 Å².